The van der Waals surface area contributed by atoms with Gasteiger partial charge in [0, 0.05) is 5.56 Å². The monoisotopic (exact) mass is 180 g/mol. The zero-order chi connectivity index (χ0) is 10.0. The van der Waals surface area contributed by atoms with Gasteiger partial charge in [0.25, 0.3) is 0 Å². The Labute approximate surface area is 77.1 Å². The van der Waals surface area contributed by atoms with Gasteiger partial charge in [-0.15, -0.1) is 0 Å². The summed E-state index contributed by atoms with van der Waals surface area (Å²) in [6, 6.07) is 4.65. The van der Waals surface area contributed by atoms with Gasteiger partial charge in [-0.1, -0.05) is 26.0 Å². The van der Waals surface area contributed by atoms with Crippen LogP contribution in [-0.4, -0.2) is 5.84 Å². The van der Waals surface area contributed by atoms with Gasteiger partial charge in [0.2, 0.25) is 0 Å². The molecule has 0 heterocycles. The third-order valence-electron chi connectivity index (χ3n) is 1.93. The minimum Gasteiger partial charge on any atom is -0.384 e. The van der Waals surface area contributed by atoms with Crippen LogP contribution in [0.5, 0.6) is 0 Å². The number of amidine groups is 1. The highest BCUT2D eigenvalue weighted by Crippen LogP contribution is 2.18. The van der Waals surface area contributed by atoms with Gasteiger partial charge in [-0.25, -0.2) is 4.39 Å². The zero-order valence-corrected chi connectivity index (χ0v) is 7.76. The molecule has 70 valence electrons. The largest absolute Gasteiger partial charge is 0.384 e. The summed E-state index contributed by atoms with van der Waals surface area (Å²) >= 11 is 0. The van der Waals surface area contributed by atoms with E-state index in [-0.39, 0.29) is 17.6 Å². The van der Waals surface area contributed by atoms with Crippen LogP contribution in [0.3, 0.4) is 0 Å². The molecular formula is C10H13FN2. The SMILES string of the molecule is CC(C)c1ccc(C(=N)N)cc1F. The molecule has 3 N–H and O–H groups in total. The van der Waals surface area contributed by atoms with Crippen molar-refractivity contribution in [2.24, 2.45) is 5.73 Å². The van der Waals surface area contributed by atoms with E-state index in [9.17, 15) is 4.39 Å². The summed E-state index contributed by atoms with van der Waals surface area (Å²) in [5, 5.41) is 7.12. The van der Waals surface area contributed by atoms with Crippen LogP contribution < -0.4 is 5.73 Å². The minimum atomic E-state index is -0.289. The predicted octanol–water partition coefficient (Wildman–Crippen LogP) is 2.23. The molecule has 1 aromatic rings. The second-order valence-corrected chi connectivity index (χ2v) is 3.30. The van der Waals surface area contributed by atoms with Gasteiger partial charge >= 0.3 is 0 Å². The molecule has 1 rings (SSSR count). The van der Waals surface area contributed by atoms with E-state index in [2.05, 4.69) is 0 Å². The summed E-state index contributed by atoms with van der Waals surface area (Å²) in [6.45, 7) is 3.84. The average molecular weight is 180 g/mol. The van der Waals surface area contributed by atoms with E-state index in [1.54, 1.807) is 12.1 Å². The molecule has 1 aromatic carbocycles. The van der Waals surface area contributed by atoms with Gasteiger partial charge in [-0.2, -0.15) is 0 Å². The standard InChI is InChI=1S/C10H13FN2/c1-6(2)8-4-3-7(10(12)13)5-9(8)11/h3-6H,1-2H3,(H3,12,13). The lowest BCUT2D eigenvalue weighted by Gasteiger charge is -2.07. The smallest absolute Gasteiger partial charge is 0.127 e. The first-order valence-electron chi connectivity index (χ1n) is 4.16. The van der Waals surface area contributed by atoms with Crippen LogP contribution in [0.15, 0.2) is 18.2 Å². The molecule has 0 bridgehead atoms. The quantitative estimate of drug-likeness (QED) is 0.532. The normalized spacial score (nSPS) is 10.5. The lowest BCUT2D eigenvalue weighted by molar-refractivity contribution is 0.598. The number of nitrogen functional groups attached to an aromatic ring is 1. The maximum Gasteiger partial charge on any atom is 0.127 e. The van der Waals surface area contributed by atoms with Crippen molar-refractivity contribution < 1.29 is 4.39 Å². The van der Waals surface area contributed by atoms with Crippen LogP contribution >= 0.6 is 0 Å². The van der Waals surface area contributed by atoms with Crippen molar-refractivity contribution in [3.05, 3.63) is 35.1 Å². The number of nitrogens with two attached hydrogens (primary N) is 1. The third-order valence-corrected chi connectivity index (χ3v) is 1.93. The summed E-state index contributed by atoms with van der Waals surface area (Å²) in [5.41, 5.74) is 6.32. The fourth-order valence-corrected chi connectivity index (χ4v) is 1.16. The fourth-order valence-electron chi connectivity index (χ4n) is 1.16. The first-order valence-corrected chi connectivity index (χ1v) is 4.16. The van der Waals surface area contributed by atoms with E-state index >= 15 is 0 Å². The second-order valence-electron chi connectivity index (χ2n) is 3.30. The average Bonchev–Trinajstić information content (AvgIpc) is 2.03. The Balaban J connectivity index is 3.13. The van der Waals surface area contributed by atoms with E-state index < -0.39 is 0 Å². The first-order chi connectivity index (χ1) is 6.02. The molecule has 0 radical (unpaired) electrons. The Bertz CT molecular complexity index is 332. The molecule has 0 aromatic heterocycles. The Hall–Kier alpha value is -1.38. The summed E-state index contributed by atoms with van der Waals surface area (Å²) in [4.78, 5) is 0. The lowest BCUT2D eigenvalue weighted by Crippen LogP contribution is -2.11. The predicted molar refractivity (Wildman–Crippen MR) is 51.5 cm³/mol. The summed E-state index contributed by atoms with van der Waals surface area (Å²) < 4.78 is 13.3. The summed E-state index contributed by atoms with van der Waals surface area (Å²) in [6.07, 6.45) is 0. The van der Waals surface area contributed by atoms with E-state index in [4.69, 9.17) is 11.1 Å². The maximum atomic E-state index is 13.3. The fraction of sp³-hybridized carbons (Fsp3) is 0.300. The molecule has 0 atom stereocenters. The van der Waals surface area contributed by atoms with Crippen molar-refractivity contribution in [2.45, 2.75) is 19.8 Å². The first kappa shape index (κ1) is 9.71. The molecule has 0 saturated heterocycles. The van der Waals surface area contributed by atoms with Crippen molar-refractivity contribution in [1.82, 2.24) is 0 Å². The van der Waals surface area contributed by atoms with Crippen molar-refractivity contribution >= 4 is 5.84 Å². The molecule has 3 heteroatoms. The molecule has 13 heavy (non-hydrogen) atoms. The number of rotatable bonds is 2. The van der Waals surface area contributed by atoms with Crippen molar-refractivity contribution in [1.29, 1.82) is 5.41 Å². The van der Waals surface area contributed by atoms with Crippen molar-refractivity contribution in [3.63, 3.8) is 0 Å². The Morgan fingerprint density at radius 2 is 2.08 bits per heavy atom. The molecule has 0 aliphatic carbocycles. The Kier molecular flexibility index (Phi) is 2.66. The molecule has 0 aliphatic heterocycles. The number of hydrogen-bond acceptors (Lipinski definition) is 1. The van der Waals surface area contributed by atoms with Gasteiger partial charge < -0.3 is 5.73 Å². The molecule has 0 saturated carbocycles. The van der Waals surface area contributed by atoms with Crippen LogP contribution in [0, 0.1) is 11.2 Å². The van der Waals surface area contributed by atoms with E-state index in [0.717, 1.165) is 0 Å². The summed E-state index contributed by atoms with van der Waals surface area (Å²) in [7, 11) is 0. The molecule has 2 nitrogen and oxygen atoms in total. The van der Waals surface area contributed by atoms with Crippen LogP contribution in [0.4, 0.5) is 4.39 Å². The van der Waals surface area contributed by atoms with Gasteiger partial charge in [-0.05, 0) is 17.5 Å². The van der Waals surface area contributed by atoms with Gasteiger partial charge in [0.05, 0.1) is 0 Å². The number of halogens is 1. The van der Waals surface area contributed by atoms with Crippen LogP contribution in [0.25, 0.3) is 0 Å². The number of hydrogen-bond donors (Lipinski definition) is 2. The van der Waals surface area contributed by atoms with Crippen LogP contribution in [-0.2, 0) is 0 Å². The molecule has 0 amide bonds. The molecule has 0 spiro atoms. The number of nitrogens with one attached hydrogen (secondary N) is 1. The number of benzene rings is 1. The van der Waals surface area contributed by atoms with Crippen molar-refractivity contribution in [3.8, 4) is 0 Å². The van der Waals surface area contributed by atoms with E-state index in [1.807, 2.05) is 13.8 Å². The van der Waals surface area contributed by atoms with Gasteiger partial charge in [0.15, 0.2) is 0 Å². The van der Waals surface area contributed by atoms with Crippen molar-refractivity contribution in [2.75, 3.05) is 0 Å². The van der Waals surface area contributed by atoms with Crippen LogP contribution in [0.2, 0.25) is 0 Å². The van der Waals surface area contributed by atoms with E-state index in [0.29, 0.717) is 11.1 Å². The van der Waals surface area contributed by atoms with Gasteiger partial charge in [0.1, 0.15) is 11.7 Å². The molecule has 0 unspecified atom stereocenters. The molecule has 0 aliphatic rings. The Morgan fingerprint density at radius 1 is 1.46 bits per heavy atom. The molecule has 0 fully saturated rings. The molecular weight excluding hydrogens is 167 g/mol. The highest BCUT2D eigenvalue weighted by molar-refractivity contribution is 5.94. The lowest BCUT2D eigenvalue weighted by atomic mass is 10.0. The highest BCUT2D eigenvalue weighted by Gasteiger charge is 2.07. The Morgan fingerprint density at radius 3 is 2.46 bits per heavy atom. The van der Waals surface area contributed by atoms with Gasteiger partial charge in [-0.3, -0.25) is 5.41 Å². The highest BCUT2D eigenvalue weighted by atomic mass is 19.1. The zero-order valence-electron chi connectivity index (χ0n) is 7.76. The minimum absolute atomic E-state index is 0.103. The topological polar surface area (TPSA) is 49.9 Å². The summed E-state index contributed by atoms with van der Waals surface area (Å²) in [5.74, 6) is -0.238. The second kappa shape index (κ2) is 3.56. The van der Waals surface area contributed by atoms with E-state index in [1.165, 1.54) is 6.07 Å². The maximum absolute atomic E-state index is 13.3. The third kappa shape index (κ3) is 2.05. The van der Waals surface area contributed by atoms with Crippen LogP contribution in [0.1, 0.15) is 30.9 Å².